The van der Waals surface area contributed by atoms with Gasteiger partial charge in [-0.05, 0) is 18.1 Å². The highest BCUT2D eigenvalue weighted by Gasteiger charge is 1.93. The first-order valence-electron chi connectivity index (χ1n) is 3.56. The minimum Gasteiger partial charge on any atom is -0.355 e. The van der Waals surface area contributed by atoms with Crippen molar-refractivity contribution in [3.05, 3.63) is 35.4 Å². The molecule has 0 saturated heterocycles. The molecule has 0 heterocycles. The molecule has 58 valence electrons. The molecule has 1 N–H and O–H groups in total. The molecule has 0 bridgehead atoms. The molecule has 2 nitrogen and oxygen atoms in total. The van der Waals surface area contributed by atoms with Crippen LogP contribution in [-0.2, 0) is 11.3 Å². The lowest BCUT2D eigenvalue weighted by atomic mass is 10.1. The van der Waals surface area contributed by atoms with Crippen molar-refractivity contribution in [1.82, 2.24) is 5.32 Å². The summed E-state index contributed by atoms with van der Waals surface area (Å²) in [6.45, 7) is 2.65. The average Bonchev–Trinajstić information content (AvgIpc) is 2.03. The molecule has 0 aliphatic heterocycles. The largest absolute Gasteiger partial charge is 0.355 e. The van der Waals surface area contributed by atoms with Gasteiger partial charge in [0.2, 0.25) is 6.41 Å². The molecule has 0 fully saturated rings. The van der Waals surface area contributed by atoms with E-state index < -0.39 is 0 Å². The molecule has 1 rings (SSSR count). The van der Waals surface area contributed by atoms with E-state index in [1.807, 2.05) is 31.2 Å². The number of aryl methyl sites for hydroxylation is 1. The third-order valence-corrected chi connectivity index (χ3v) is 1.64. The molecule has 1 aromatic rings. The topological polar surface area (TPSA) is 29.1 Å². The molecule has 0 unspecified atom stereocenters. The Kier molecular flexibility index (Phi) is 2.66. The second kappa shape index (κ2) is 3.76. The van der Waals surface area contributed by atoms with Crippen molar-refractivity contribution in [3.8, 4) is 0 Å². The molecule has 0 aliphatic rings. The highest BCUT2D eigenvalue weighted by atomic mass is 16.1. The van der Waals surface area contributed by atoms with Crippen molar-refractivity contribution in [3.63, 3.8) is 0 Å². The van der Waals surface area contributed by atoms with E-state index in [4.69, 9.17) is 0 Å². The van der Waals surface area contributed by atoms with Crippen LogP contribution >= 0.6 is 0 Å². The quantitative estimate of drug-likeness (QED) is 0.644. The van der Waals surface area contributed by atoms with Crippen LogP contribution in [0.5, 0.6) is 0 Å². The fourth-order valence-corrected chi connectivity index (χ4v) is 0.960. The van der Waals surface area contributed by atoms with Gasteiger partial charge >= 0.3 is 0 Å². The Labute approximate surface area is 66.2 Å². The number of nitrogens with one attached hydrogen (secondary N) is 1. The van der Waals surface area contributed by atoms with Crippen LogP contribution in [0, 0.1) is 6.92 Å². The van der Waals surface area contributed by atoms with Gasteiger partial charge in [0.05, 0.1) is 0 Å². The SMILES string of the molecule is Cc1ccccc1CNC=O. The van der Waals surface area contributed by atoms with Crippen molar-refractivity contribution in [2.75, 3.05) is 0 Å². The molecule has 0 atom stereocenters. The smallest absolute Gasteiger partial charge is 0.207 e. The maximum Gasteiger partial charge on any atom is 0.207 e. The van der Waals surface area contributed by atoms with Crippen LogP contribution in [0.4, 0.5) is 0 Å². The molecule has 0 aromatic heterocycles. The predicted octanol–water partition coefficient (Wildman–Crippen LogP) is 1.24. The Morgan fingerprint density at radius 3 is 2.82 bits per heavy atom. The number of carbonyl (C=O) groups excluding carboxylic acids is 1. The van der Waals surface area contributed by atoms with Crippen LogP contribution < -0.4 is 5.32 Å². The standard InChI is InChI=1S/C9H11NO/c1-8-4-2-3-5-9(8)6-10-7-11/h2-5,7H,6H2,1H3,(H,10,11). The minimum absolute atomic E-state index is 0.621. The average molecular weight is 149 g/mol. The summed E-state index contributed by atoms with van der Waals surface area (Å²) in [7, 11) is 0. The molecular weight excluding hydrogens is 138 g/mol. The summed E-state index contributed by atoms with van der Waals surface area (Å²) in [4.78, 5) is 9.98. The molecule has 2 heteroatoms. The van der Waals surface area contributed by atoms with Gasteiger partial charge in [-0.15, -0.1) is 0 Å². The number of rotatable bonds is 3. The first-order valence-corrected chi connectivity index (χ1v) is 3.56. The fourth-order valence-electron chi connectivity index (χ4n) is 0.960. The van der Waals surface area contributed by atoms with E-state index in [-0.39, 0.29) is 0 Å². The Bertz CT molecular complexity index is 245. The summed E-state index contributed by atoms with van der Waals surface area (Å²) in [6, 6.07) is 7.99. The molecular formula is C9H11NO. The molecule has 0 aliphatic carbocycles. The van der Waals surface area contributed by atoms with Crippen molar-refractivity contribution in [2.45, 2.75) is 13.5 Å². The van der Waals surface area contributed by atoms with E-state index in [1.165, 1.54) is 11.1 Å². The number of amides is 1. The van der Waals surface area contributed by atoms with Gasteiger partial charge in [-0.2, -0.15) is 0 Å². The molecule has 0 spiro atoms. The van der Waals surface area contributed by atoms with Gasteiger partial charge in [-0.25, -0.2) is 0 Å². The summed E-state index contributed by atoms with van der Waals surface area (Å²) in [5.41, 5.74) is 2.38. The van der Waals surface area contributed by atoms with E-state index in [0.29, 0.717) is 13.0 Å². The third-order valence-electron chi connectivity index (χ3n) is 1.64. The van der Waals surface area contributed by atoms with E-state index in [9.17, 15) is 4.79 Å². The second-order valence-corrected chi connectivity index (χ2v) is 2.43. The highest BCUT2D eigenvalue weighted by molar-refractivity contribution is 5.46. The van der Waals surface area contributed by atoms with Crippen LogP contribution in [0.3, 0.4) is 0 Å². The molecule has 0 saturated carbocycles. The normalized spacial score (nSPS) is 9.18. The lowest BCUT2D eigenvalue weighted by Crippen LogP contribution is -2.10. The monoisotopic (exact) mass is 149 g/mol. The number of hydrogen-bond acceptors (Lipinski definition) is 1. The van der Waals surface area contributed by atoms with Crippen LogP contribution in [0.15, 0.2) is 24.3 Å². The lowest BCUT2D eigenvalue weighted by Gasteiger charge is -2.02. The van der Waals surface area contributed by atoms with E-state index >= 15 is 0 Å². The van der Waals surface area contributed by atoms with E-state index in [1.54, 1.807) is 0 Å². The van der Waals surface area contributed by atoms with Crippen molar-refractivity contribution in [2.24, 2.45) is 0 Å². The Morgan fingerprint density at radius 2 is 2.18 bits per heavy atom. The van der Waals surface area contributed by atoms with Crippen LogP contribution in [-0.4, -0.2) is 6.41 Å². The lowest BCUT2D eigenvalue weighted by molar-refractivity contribution is -0.109. The zero-order valence-electron chi connectivity index (χ0n) is 6.50. The number of carbonyl (C=O) groups is 1. The van der Waals surface area contributed by atoms with Gasteiger partial charge in [0.1, 0.15) is 0 Å². The minimum atomic E-state index is 0.621. The summed E-state index contributed by atoms with van der Waals surface area (Å²) in [6.07, 6.45) is 0.715. The summed E-state index contributed by atoms with van der Waals surface area (Å²) >= 11 is 0. The molecule has 1 amide bonds. The Balaban J connectivity index is 2.69. The van der Waals surface area contributed by atoms with Crippen molar-refractivity contribution >= 4 is 6.41 Å². The Morgan fingerprint density at radius 1 is 1.45 bits per heavy atom. The van der Waals surface area contributed by atoms with Crippen molar-refractivity contribution < 1.29 is 4.79 Å². The van der Waals surface area contributed by atoms with Crippen molar-refractivity contribution in [1.29, 1.82) is 0 Å². The van der Waals surface area contributed by atoms with Gasteiger partial charge in [0.15, 0.2) is 0 Å². The number of benzene rings is 1. The first-order chi connectivity index (χ1) is 5.34. The number of hydrogen-bond donors (Lipinski definition) is 1. The summed E-state index contributed by atoms with van der Waals surface area (Å²) in [5, 5.41) is 2.62. The molecule has 0 radical (unpaired) electrons. The van der Waals surface area contributed by atoms with Crippen LogP contribution in [0.2, 0.25) is 0 Å². The molecule has 11 heavy (non-hydrogen) atoms. The zero-order chi connectivity index (χ0) is 8.10. The van der Waals surface area contributed by atoms with Gasteiger partial charge in [-0.3, -0.25) is 4.79 Å². The fraction of sp³-hybridized carbons (Fsp3) is 0.222. The first kappa shape index (κ1) is 7.79. The maximum atomic E-state index is 9.98. The maximum absolute atomic E-state index is 9.98. The van der Waals surface area contributed by atoms with E-state index in [0.717, 1.165) is 0 Å². The predicted molar refractivity (Wildman–Crippen MR) is 44.1 cm³/mol. The molecule has 1 aromatic carbocycles. The highest BCUT2D eigenvalue weighted by Crippen LogP contribution is 2.05. The second-order valence-electron chi connectivity index (χ2n) is 2.43. The van der Waals surface area contributed by atoms with Gasteiger partial charge < -0.3 is 5.32 Å². The zero-order valence-corrected chi connectivity index (χ0v) is 6.50. The van der Waals surface area contributed by atoms with Gasteiger partial charge in [0, 0.05) is 6.54 Å². The Hall–Kier alpha value is -1.31. The summed E-state index contributed by atoms with van der Waals surface area (Å²) in [5.74, 6) is 0. The third kappa shape index (κ3) is 2.08. The van der Waals surface area contributed by atoms with Crippen LogP contribution in [0.1, 0.15) is 11.1 Å². The summed E-state index contributed by atoms with van der Waals surface area (Å²) < 4.78 is 0. The van der Waals surface area contributed by atoms with Crippen LogP contribution in [0.25, 0.3) is 0 Å². The van der Waals surface area contributed by atoms with E-state index in [2.05, 4.69) is 5.32 Å². The van der Waals surface area contributed by atoms with Gasteiger partial charge in [-0.1, -0.05) is 24.3 Å². The van der Waals surface area contributed by atoms with Gasteiger partial charge in [0.25, 0.3) is 0 Å².